The van der Waals surface area contributed by atoms with Crippen LogP contribution in [0.3, 0.4) is 0 Å². The summed E-state index contributed by atoms with van der Waals surface area (Å²) in [6.45, 7) is 4.56. The van der Waals surface area contributed by atoms with Crippen LogP contribution in [0, 0.1) is 28.4 Å². The predicted octanol–water partition coefficient (Wildman–Crippen LogP) is 3.33. The Morgan fingerprint density at radius 1 is 1.29 bits per heavy atom. The SMILES string of the molecule is CCN(CC(O)c1ccc(C)cc1)c1ccc(C#N)cc1[N+](=O)[O-]. The van der Waals surface area contributed by atoms with E-state index in [2.05, 4.69) is 0 Å². The van der Waals surface area contributed by atoms with E-state index in [-0.39, 0.29) is 17.8 Å². The van der Waals surface area contributed by atoms with E-state index < -0.39 is 11.0 Å². The van der Waals surface area contributed by atoms with Gasteiger partial charge in [0.25, 0.3) is 5.69 Å². The van der Waals surface area contributed by atoms with Gasteiger partial charge in [-0.2, -0.15) is 5.26 Å². The highest BCUT2D eigenvalue weighted by atomic mass is 16.6. The van der Waals surface area contributed by atoms with Crippen LogP contribution in [0.5, 0.6) is 0 Å². The Morgan fingerprint density at radius 2 is 1.96 bits per heavy atom. The number of aryl methyl sites for hydroxylation is 1. The van der Waals surface area contributed by atoms with Crippen molar-refractivity contribution in [3.8, 4) is 6.07 Å². The molecular weight excluding hydrogens is 306 g/mol. The lowest BCUT2D eigenvalue weighted by Gasteiger charge is -2.26. The zero-order valence-electron chi connectivity index (χ0n) is 13.6. The van der Waals surface area contributed by atoms with Crippen molar-refractivity contribution in [1.82, 2.24) is 0 Å². The molecule has 2 rings (SSSR count). The Labute approximate surface area is 140 Å². The van der Waals surface area contributed by atoms with Gasteiger partial charge in [0.2, 0.25) is 0 Å². The fourth-order valence-corrected chi connectivity index (χ4v) is 2.51. The summed E-state index contributed by atoms with van der Waals surface area (Å²) in [7, 11) is 0. The normalized spacial score (nSPS) is 11.6. The topological polar surface area (TPSA) is 90.4 Å². The largest absolute Gasteiger partial charge is 0.387 e. The molecule has 24 heavy (non-hydrogen) atoms. The number of hydrogen-bond acceptors (Lipinski definition) is 5. The van der Waals surface area contributed by atoms with Crippen LogP contribution in [0.15, 0.2) is 42.5 Å². The summed E-state index contributed by atoms with van der Waals surface area (Å²) < 4.78 is 0. The standard InChI is InChI=1S/C18H19N3O3/c1-3-20(12-18(22)15-7-4-13(2)5-8-15)16-9-6-14(11-19)10-17(16)21(23)24/h4-10,18,22H,3,12H2,1-2H3. The van der Waals surface area contributed by atoms with Crippen LogP contribution in [0.4, 0.5) is 11.4 Å². The summed E-state index contributed by atoms with van der Waals surface area (Å²) in [5.74, 6) is 0. The summed E-state index contributed by atoms with van der Waals surface area (Å²) in [4.78, 5) is 12.5. The van der Waals surface area contributed by atoms with Gasteiger partial charge in [0.15, 0.2) is 0 Å². The minimum atomic E-state index is -0.763. The van der Waals surface area contributed by atoms with Crippen molar-refractivity contribution in [3.63, 3.8) is 0 Å². The summed E-state index contributed by atoms with van der Waals surface area (Å²) in [6, 6.07) is 13.8. The number of likely N-dealkylation sites (N-methyl/N-ethyl adjacent to an activating group) is 1. The summed E-state index contributed by atoms with van der Waals surface area (Å²) in [5.41, 5.74) is 2.36. The van der Waals surface area contributed by atoms with Gasteiger partial charge in [0.05, 0.1) is 22.7 Å². The second kappa shape index (κ2) is 7.57. The van der Waals surface area contributed by atoms with Crippen LogP contribution in [-0.4, -0.2) is 23.1 Å². The first-order chi connectivity index (χ1) is 11.5. The van der Waals surface area contributed by atoms with Crippen molar-refractivity contribution < 1.29 is 10.0 Å². The first kappa shape index (κ1) is 17.4. The van der Waals surface area contributed by atoms with Gasteiger partial charge in [-0.25, -0.2) is 0 Å². The van der Waals surface area contributed by atoms with Crippen LogP contribution >= 0.6 is 0 Å². The molecule has 2 aromatic rings. The number of anilines is 1. The molecule has 0 heterocycles. The lowest BCUT2D eigenvalue weighted by molar-refractivity contribution is -0.384. The summed E-state index contributed by atoms with van der Waals surface area (Å²) in [5, 5.41) is 30.7. The number of hydrogen-bond donors (Lipinski definition) is 1. The smallest absolute Gasteiger partial charge is 0.293 e. The molecule has 0 aromatic heterocycles. The molecule has 0 saturated carbocycles. The molecule has 6 heteroatoms. The first-order valence-electron chi connectivity index (χ1n) is 7.64. The quantitative estimate of drug-likeness (QED) is 0.650. The molecule has 2 aromatic carbocycles. The molecule has 0 saturated heterocycles. The van der Waals surface area contributed by atoms with Gasteiger partial charge in [0.1, 0.15) is 5.69 Å². The number of aliphatic hydroxyl groups is 1. The maximum atomic E-state index is 11.3. The first-order valence-corrected chi connectivity index (χ1v) is 7.64. The van der Waals surface area contributed by atoms with Crippen LogP contribution in [0.2, 0.25) is 0 Å². The number of aliphatic hydroxyl groups excluding tert-OH is 1. The average Bonchev–Trinajstić information content (AvgIpc) is 2.59. The van der Waals surface area contributed by atoms with E-state index in [0.717, 1.165) is 11.1 Å². The fraction of sp³-hybridized carbons (Fsp3) is 0.278. The number of nitriles is 1. The van der Waals surface area contributed by atoms with Gasteiger partial charge in [0, 0.05) is 19.2 Å². The molecule has 0 fully saturated rings. The molecule has 1 N–H and O–H groups in total. The van der Waals surface area contributed by atoms with Crippen molar-refractivity contribution in [1.29, 1.82) is 5.26 Å². The Balaban J connectivity index is 2.30. The predicted molar refractivity (Wildman–Crippen MR) is 91.8 cm³/mol. The molecule has 1 atom stereocenters. The van der Waals surface area contributed by atoms with E-state index in [0.29, 0.717) is 12.2 Å². The molecule has 0 amide bonds. The number of nitro groups is 1. The highest BCUT2D eigenvalue weighted by Crippen LogP contribution is 2.30. The van der Waals surface area contributed by atoms with E-state index in [1.165, 1.54) is 6.07 Å². The highest BCUT2D eigenvalue weighted by Gasteiger charge is 2.21. The van der Waals surface area contributed by atoms with Gasteiger partial charge in [-0.1, -0.05) is 29.8 Å². The Bertz CT molecular complexity index is 766. The van der Waals surface area contributed by atoms with Crippen LogP contribution in [0.25, 0.3) is 0 Å². The number of rotatable bonds is 6. The van der Waals surface area contributed by atoms with Crippen molar-refractivity contribution in [2.75, 3.05) is 18.0 Å². The molecule has 0 aliphatic rings. The zero-order chi connectivity index (χ0) is 17.7. The second-order valence-electron chi connectivity index (χ2n) is 5.54. The Morgan fingerprint density at radius 3 is 2.50 bits per heavy atom. The molecular formula is C18H19N3O3. The maximum Gasteiger partial charge on any atom is 0.293 e. The highest BCUT2D eigenvalue weighted by molar-refractivity contribution is 5.65. The fourth-order valence-electron chi connectivity index (χ4n) is 2.51. The van der Waals surface area contributed by atoms with Crippen molar-refractivity contribution in [2.24, 2.45) is 0 Å². The minimum absolute atomic E-state index is 0.132. The van der Waals surface area contributed by atoms with Crippen molar-refractivity contribution in [2.45, 2.75) is 20.0 Å². The third-order valence-electron chi connectivity index (χ3n) is 3.88. The van der Waals surface area contributed by atoms with E-state index in [1.807, 2.05) is 44.2 Å². The Hall–Kier alpha value is -2.91. The summed E-state index contributed by atoms with van der Waals surface area (Å²) in [6.07, 6.45) is -0.763. The van der Waals surface area contributed by atoms with E-state index in [9.17, 15) is 15.2 Å². The molecule has 6 nitrogen and oxygen atoms in total. The molecule has 0 radical (unpaired) electrons. The third-order valence-corrected chi connectivity index (χ3v) is 3.88. The van der Waals surface area contributed by atoms with Gasteiger partial charge < -0.3 is 10.0 Å². The molecule has 0 aliphatic carbocycles. The lowest BCUT2D eigenvalue weighted by Crippen LogP contribution is -2.29. The Kier molecular flexibility index (Phi) is 5.51. The van der Waals surface area contributed by atoms with Crippen molar-refractivity contribution in [3.05, 3.63) is 69.3 Å². The van der Waals surface area contributed by atoms with Crippen LogP contribution < -0.4 is 4.90 Å². The number of nitro benzene ring substituents is 1. The van der Waals surface area contributed by atoms with E-state index in [4.69, 9.17) is 5.26 Å². The maximum absolute atomic E-state index is 11.3. The minimum Gasteiger partial charge on any atom is -0.387 e. The van der Waals surface area contributed by atoms with E-state index in [1.54, 1.807) is 17.0 Å². The van der Waals surface area contributed by atoms with Crippen LogP contribution in [-0.2, 0) is 0 Å². The third kappa shape index (κ3) is 3.89. The average molecular weight is 325 g/mol. The molecule has 0 bridgehead atoms. The van der Waals surface area contributed by atoms with Gasteiger partial charge in [-0.3, -0.25) is 10.1 Å². The van der Waals surface area contributed by atoms with Gasteiger partial charge in [-0.05, 0) is 31.5 Å². The van der Waals surface area contributed by atoms with Crippen molar-refractivity contribution >= 4 is 11.4 Å². The number of benzene rings is 2. The molecule has 1 unspecified atom stereocenters. The van der Waals surface area contributed by atoms with E-state index >= 15 is 0 Å². The molecule has 0 spiro atoms. The zero-order valence-corrected chi connectivity index (χ0v) is 13.6. The summed E-state index contributed by atoms with van der Waals surface area (Å²) >= 11 is 0. The molecule has 0 aliphatic heterocycles. The number of nitrogens with zero attached hydrogens (tertiary/aromatic N) is 3. The second-order valence-corrected chi connectivity index (χ2v) is 5.54. The lowest BCUT2D eigenvalue weighted by atomic mass is 10.1. The molecule has 124 valence electrons. The van der Waals surface area contributed by atoms with Crippen LogP contribution in [0.1, 0.15) is 29.7 Å². The van der Waals surface area contributed by atoms with Gasteiger partial charge in [-0.15, -0.1) is 0 Å². The monoisotopic (exact) mass is 325 g/mol. The van der Waals surface area contributed by atoms with Gasteiger partial charge >= 0.3 is 0 Å².